The summed E-state index contributed by atoms with van der Waals surface area (Å²) in [6.45, 7) is 2.26. The molecule has 1 rings (SSSR count). The van der Waals surface area contributed by atoms with Crippen LogP contribution in [0.3, 0.4) is 0 Å². The van der Waals surface area contributed by atoms with Crippen LogP contribution < -0.4 is 15.2 Å². The van der Waals surface area contributed by atoms with E-state index in [0.717, 1.165) is 5.56 Å². The van der Waals surface area contributed by atoms with Crippen molar-refractivity contribution in [1.29, 1.82) is 0 Å². The van der Waals surface area contributed by atoms with E-state index >= 15 is 0 Å². The topological polar surface area (TPSA) is 53.7 Å². The summed E-state index contributed by atoms with van der Waals surface area (Å²) in [6.07, 6.45) is 0. The van der Waals surface area contributed by atoms with E-state index < -0.39 is 5.60 Å². The van der Waals surface area contributed by atoms with Gasteiger partial charge in [0.15, 0.2) is 0 Å². The molecule has 0 aromatic heterocycles. The van der Waals surface area contributed by atoms with Crippen molar-refractivity contribution in [2.24, 2.45) is 5.73 Å². The van der Waals surface area contributed by atoms with Gasteiger partial charge in [-0.3, -0.25) is 0 Å². The molecular formula is C12H19NO3. The fourth-order valence-electron chi connectivity index (χ4n) is 1.66. The van der Waals surface area contributed by atoms with Gasteiger partial charge in [-0.2, -0.15) is 0 Å². The predicted octanol–water partition coefficient (Wildman–Crippen LogP) is 1.52. The van der Waals surface area contributed by atoms with Crippen LogP contribution in [0.5, 0.6) is 11.5 Å². The zero-order chi connectivity index (χ0) is 12.2. The highest BCUT2D eigenvalue weighted by molar-refractivity contribution is 5.48. The first-order valence-corrected chi connectivity index (χ1v) is 5.09. The van der Waals surface area contributed by atoms with E-state index in [1.807, 2.05) is 25.1 Å². The van der Waals surface area contributed by atoms with Gasteiger partial charge in [-0.15, -0.1) is 0 Å². The normalized spacial score (nSPS) is 14.3. The summed E-state index contributed by atoms with van der Waals surface area (Å²) in [6, 6.07) is 5.60. The summed E-state index contributed by atoms with van der Waals surface area (Å²) in [5.74, 6) is 1.43. The summed E-state index contributed by atoms with van der Waals surface area (Å²) in [5, 5.41) is 0. The van der Waals surface area contributed by atoms with Crippen LogP contribution in [0.1, 0.15) is 12.5 Å². The number of benzene rings is 1. The molecule has 2 N–H and O–H groups in total. The molecule has 90 valence electrons. The lowest BCUT2D eigenvalue weighted by atomic mass is 9.93. The van der Waals surface area contributed by atoms with Crippen LogP contribution in [0.15, 0.2) is 18.2 Å². The fourth-order valence-corrected chi connectivity index (χ4v) is 1.66. The molecule has 1 unspecified atom stereocenters. The molecule has 0 saturated heterocycles. The Balaban J connectivity index is 3.38. The molecule has 0 bridgehead atoms. The van der Waals surface area contributed by atoms with Crippen molar-refractivity contribution in [3.63, 3.8) is 0 Å². The number of hydrogen-bond donors (Lipinski definition) is 1. The van der Waals surface area contributed by atoms with Gasteiger partial charge in [-0.25, -0.2) is 0 Å². The zero-order valence-corrected chi connectivity index (χ0v) is 10.2. The maximum absolute atomic E-state index is 5.76. The SMILES string of the molecule is COc1cccc(OC)c1C(C)(CN)OC. The second-order valence-corrected chi connectivity index (χ2v) is 3.68. The predicted molar refractivity (Wildman–Crippen MR) is 63.0 cm³/mol. The molecule has 0 heterocycles. The summed E-state index contributed by atoms with van der Waals surface area (Å²) in [7, 11) is 4.86. The van der Waals surface area contributed by atoms with Gasteiger partial charge in [0.1, 0.15) is 17.1 Å². The van der Waals surface area contributed by atoms with Crippen molar-refractivity contribution in [3.8, 4) is 11.5 Å². The maximum Gasteiger partial charge on any atom is 0.128 e. The third kappa shape index (κ3) is 2.13. The van der Waals surface area contributed by atoms with E-state index in [2.05, 4.69) is 0 Å². The molecule has 4 nitrogen and oxygen atoms in total. The first-order chi connectivity index (χ1) is 7.62. The second-order valence-electron chi connectivity index (χ2n) is 3.68. The van der Waals surface area contributed by atoms with E-state index in [4.69, 9.17) is 19.9 Å². The van der Waals surface area contributed by atoms with Crippen LogP contribution in [-0.2, 0) is 10.3 Å². The van der Waals surface area contributed by atoms with Crippen LogP contribution in [0.2, 0.25) is 0 Å². The van der Waals surface area contributed by atoms with Crippen LogP contribution >= 0.6 is 0 Å². The fraction of sp³-hybridized carbons (Fsp3) is 0.500. The van der Waals surface area contributed by atoms with Crippen molar-refractivity contribution < 1.29 is 14.2 Å². The van der Waals surface area contributed by atoms with Gasteiger partial charge in [-0.05, 0) is 19.1 Å². The van der Waals surface area contributed by atoms with Gasteiger partial charge in [-0.1, -0.05) is 6.07 Å². The van der Waals surface area contributed by atoms with Gasteiger partial charge >= 0.3 is 0 Å². The van der Waals surface area contributed by atoms with Gasteiger partial charge in [0.2, 0.25) is 0 Å². The number of nitrogens with two attached hydrogens (primary N) is 1. The lowest BCUT2D eigenvalue weighted by Gasteiger charge is -2.30. The average molecular weight is 225 g/mol. The minimum Gasteiger partial charge on any atom is -0.496 e. The third-order valence-electron chi connectivity index (χ3n) is 2.80. The Morgan fingerprint density at radius 1 is 1.12 bits per heavy atom. The van der Waals surface area contributed by atoms with E-state index in [9.17, 15) is 0 Å². The highest BCUT2D eigenvalue weighted by atomic mass is 16.5. The van der Waals surface area contributed by atoms with E-state index in [1.54, 1.807) is 21.3 Å². The minimum absolute atomic E-state index is 0.347. The van der Waals surface area contributed by atoms with Crippen LogP contribution in [-0.4, -0.2) is 27.9 Å². The second kappa shape index (κ2) is 5.18. The number of methoxy groups -OCH3 is 3. The highest BCUT2D eigenvalue weighted by Crippen LogP contribution is 2.38. The van der Waals surface area contributed by atoms with Crippen molar-refractivity contribution in [2.45, 2.75) is 12.5 Å². The molecule has 0 spiro atoms. The van der Waals surface area contributed by atoms with Crippen molar-refractivity contribution in [2.75, 3.05) is 27.9 Å². The molecule has 0 amide bonds. The Kier molecular flexibility index (Phi) is 4.15. The molecule has 0 fully saturated rings. The molecule has 16 heavy (non-hydrogen) atoms. The molecule has 1 aromatic carbocycles. The Hall–Kier alpha value is -1.26. The van der Waals surface area contributed by atoms with Crippen molar-refractivity contribution in [1.82, 2.24) is 0 Å². The first-order valence-electron chi connectivity index (χ1n) is 5.09. The monoisotopic (exact) mass is 225 g/mol. The molecule has 4 heteroatoms. The molecular weight excluding hydrogens is 206 g/mol. The van der Waals surface area contributed by atoms with Gasteiger partial charge in [0.05, 0.1) is 19.8 Å². The molecule has 0 aliphatic carbocycles. The first kappa shape index (κ1) is 12.8. The summed E-state index contributed by atoms with van der Waals surface area (Å²) >= 11 is 0. The third-order valence-corrected chi connectivity index (χ3v) is 2.80. The highest BCUT2D eigenvalue weighted by Gasteiger charge is 2.31. The molecule has 0 saturated carbocycles. The summed E-state index contributed by atoms with van der Waals surface area (Å²) in [4.78, 5) is 0. The van der Waals surface area contributed by atoms with Crippen molar-refractivity contribution in [3.05, 3.63) is 23.8 Å². The van der Waals surface area contributed by atoms with Gasteiger partial charge < -0.3 is 19.9 Å². The Morgan fingerprint density at radius 3 is 1.94 bits per heavy atom. The quantitative estimate of drug-likeness (QED) is 0.825. The standard InChI is InChI=1S/C12H19NO3/c1-12(8-13,16-4)11-9(14-2)6-5-7-10(11)15-3/h5-7H,8,13H2,1-4H3. The largest absolute Gasteiger partial charge is 0.496 e. The molecule has 0 aliphatic rings. The zero-order valence-electron chi connectivity index (χ0n) is 10.2. The molecule has 1 aromatic rings. The Morgan fingerprint density at radius 2 is 1.62 bits per heavy atom. The summed E-state index contributed by atoms with van der Waals surface area (Å²) in [5.41, 5.74) is 5.99. The summed E-state index contributed by atoms with van der Waals surface area (Å²) < 4.78 is 16.1. The van der Waals surface area contributed by atoms with Crippen molar-refractivity contribution >= 4 is 0 Å². The lowest BCUT2D eigenvalue weighted by molar-refractivity contribution is 0.00631. The lowest BCUT2D eigenvalue weighted by Crippen LogP contribution is -2.34. The van der Waals surface area contributed by atoms with E-state index in [-0.39, 0.29) is 0 Å². The van der Waals surface area contributed by atoms with Gasteiger partial charge in [0, 0.05) is 13.7 Å². The molecule has 0 aliphatic heterocycles. The Bertz CT molecular complexity index is 326. The number of rotatable bonds is 5. The van der Waals surface area contributed by atoms with Crippen LogP contribution in [0, 0.1) is 0 Å². The smallest absolute Gasteiger partial charge is 0.128 e. The minimum atomic E-state index is -0.613. The molecule has 0 radical (unpaired) electrons. The number of ether oxygens (including phenoxy) is 3. The number of hydrogen-bond acceptors (Lipinski definition) is 4. The molecule has 1 atom stereocenters. The van der Waals surface area contributed by atoms with E-state index in [1.165, 1.54) is 0 Å². The van der Waals surface area contributed by atoms with Gasteiger partial charge in [0.25, 0.3) is 0 Å². The van der Waals surface area contributed by atoms with E-state index in [0.29, 0.717) is 18.0 Å². The van der Waals surface area contributed by atoms with Crippen LogP contribution in [0.25, 0.3) is 0 Å². The maximum atomic E-state index is 5.76. The van der Waals surface area contributed by atoms with Crippen LogP contribution in [0.4, 0.5) is 0 Å². The Labute approximate surface area is 96.3 Å². The average Bonchev–Trinajstić information content (AvgIpc) is 2.36.